The number of anilines is 1. The van der Waals surface area contributed by atoms with Crippen molar-refractivity contribution in [3.63, 3.8) is 0 Å². The number of rotatable bonds is 1. The smallest absolute Gasteiger partial charge is 0.252 e. The fourth-order valence-electron chi connectivity index (χ4n) is 1.34. The molecule has 64 valence electrons. The van der Waals surface area contributed by atoms with Crippen molar-refractivity contribution in [2.75, 3.05) is 12.0 Å². The van der Waals surface area contributed by atoms with Crippen LogP contribution in [0.3, 0.4) is 0 Å². The molecule has 1 aromatic rings. The molecule has 0 radical (unpaired) electrons. The van der Waals surface area contributed by atoms with E-state index in [0.29, 0.717) is 12.2 Å². The standard InChI is InChI=1S/C7H10N4O/c8-7(12)4-1-10-5-2-9-3-11-6(4)5/h1,9-11H,2-3H2,(H2,8,12). The number of hydrogen-bond acceptors (Lipinski definition) is 3. The second kappa shape index (κ2) is 2.53. The maximum absolute atomic E-state index is 10.9. The highest BCUT2D eigenvalue weighted by molar-refractivity contribution is 5.99. The van der Waals surface area contributed by atoms with Gasteiger partial charge in [-0.2, -0.15) is 0 Å². The Morgan fingerprint density at radius 3 is 3.17 bits per heavy atom. The van der Waals surface area contributed by atoms with Crippen LogP contribution >= 0.6 is 0 Å². The summed E-state index contributed by atoms with van der Waals surface area (Å²) < 4.78 is 0. The zero-order valence-electron chi connectivity index (χ0n) is 6.48. The van der Waals surface area contributed by atoms with Gasteiger partial charge in [0.15, 0.2) is 0 Å². The van der Waals surface area contributed by atoms with Crippen LogP contribution in [-0.2, 0) is 6.54 Å². The van der Waals surface area contributed by atoms with Gasteiger partial charge in [-0.1, -0.05) is 0 Å². The average Bonchev–Trinajstić information content (AvgIpc) is 2.47. The lowest BCUT2D eigenvalue weighted by atomic mass is 10.2. The van der Waals surface area contributed by atoms with Crippen molar-refractivity contribution in [1.82, 2.24) is 10.3 Å². The van der Waals surface area contributed by atoms with E-state index in [4.69, 9.17) is 5.73 Å². The van der Waals surface area contributed by atoms with Gasteiger partial charge in [0.2, 0.25) is 0 Å². The van der Waals surface area contributed by atoms with Gasteiger partial charge in [-0.15, -0.1) is 0 Å². The third kappa shape index (κ3) is 0.947. The van der Waals surface area contributed by atoms with Crippen LogP contribution in [0.4, 0.5) is 5.69 Å². The number of aromatic amines is 1. The van der Waals surface area contributed by atoms with Crippen LogP contribution < -0.4 is 16.4 Å². The van der Waals surface area contributed by atoms with Crippen molar-refractivity contribution in [3.8, 4) is 0 Å². The first-order chi connectivity index (χ1) is 5.79. The molecular weight excluding hydrogens is 156 g/mol. The summed E-state index contributed by atoms with van der Waals surface area (Å²) >= 11 is 0. The molecule has 0 saturated carbocycles. The van der Waals surface area contributed by atoms with Crippen molar-refractivity contribution in [1.29, 1.82) is 0 Å². The Bertz CT molecular complexity index is 317. The Morgan fingerprint density at radius 2 is 2.42 bits per heavy atom. The van der Waals surface area contributed by atoms with Gasteiger partial charge in [0.25, 0.3) is 5.91 Å². The Labute approximate surface area is 69.3 Å². The molecule has 0 spiro atoms. The van der Waals surface area contributed by atoms with Crippen molar-refractivity contribution in [2.24, 2.45) is 5.73 Å². The van der Waals surface area contributed by atoms with Gasteiger partial charge in [0, 0.05) is 12.7 Å². The van der Waals surface area contributed by atoms with Gasteiger partial charge >= 0.3 is 0 Å². The summed E-state index contributed by atoms with van der Waals surface area (Å²) in [5.41, 5.74) is 7.51. The lowest BCUT2D eigenvalue weighted by molar-refractivity contribution is 0.100. The maximum Gasteiger partial charge on any atom is 0.252 e. The Balaban J connectivity index is 2.44. The largest absolute Gasteiger partial charge is 0.370 e. The first kappa shape index (κ1) is 7.17. The second-order valence-electron chi connectivity index (χ2n) is 2.70. The van der Waals surface area contributed by atoms with Crippen LogP contribution in [0.5, 0.6) is 0 Å². The summed E-state index contributed by atoms with van der Waals surface area (Å²) in [5, 5.41) is 6.15. The minimum Gasteiger partial charge on any atom is -0.370 e. The summed E-state index contributed by atoms with van der Waals surface area (Å²) in [6.45, 7) is 1.42. The molecule has 0 unspecified atom stereocenters. The highest BCUT2D eigenvalue weighted by atomic mass is 16.1. The number of aromatic nitrogens is 1. The van der Waals surface area contributed by atoms with E-state index in [1.54, 1.807) is 6.20 Å². The molecule has 1 amide bonds. The molecular formula is C7H10N4O. The number of carbonyl (C=O) groups is 1. The first-order valence-corrected chi connectivity index (χ1v) is 3.73. The number of nitrogens with two attached hydrogens (primary N) is 1. The molecule has 5 N–H and O–H groups in total. The molecule has 2 heterocycles. The predicted molar refractivity (Wildman–Crippen MR) is 44.6 cm³/mol. The van der Waals surface area contributed by atoms with E-state index >= 15 is 0 Å². The van der Waals surface area contributed by atoms with E-state index in [1.807, 2.05) is 0 Å². The van der Waals surface area contributed by atoms with Gasteiger partial charge in [-0.3, -0.25) is 10.1 Å². The van der Waals surface area contributed by atoms with Gasteiger partial charge in [-0.25, -0.2) is 0 Å². The van der Waals surface area contributed by atoms with Crippen LogP contribution in [0, 0.1) is 0 Å². The summed E-state index contributed by atoms with van der Waals surface area (Å²) in [4.78, 5) is 13.9. The van der Waals surface area contributed by atoms with E-state index < -0.39 is 5.91 Å². The fraction of sp³-hybridized carbons (Fsp3) is 0.286. The Morgan fingerprint density at radius 1 is 1.58 bits per heavy atom. The lowest BCUT2D eigenvalue weighted by Gasteiger charge is -2.15. The van der Waals surface area contributed by atoms with Crippen LogP contribution in [0.2, 0.25) is 0 Å². The molecule has 0 aromatic carbocycles. The Kier molecular flexibility index (Phi) is 1.51. The topological polar surface area (TPSA) is 82.9 Å². The van der Waals surface area contributed by atoms with Crippen LogP contribution in [0.15, 0.2) is 6.20 Å². The molecule has 12 heavy (non-hydrogen) atoms. The van der Waals surface area contributed by atoms with E-state index in [9.17, 15) is 4.79 Å². The molecule has 0 aliphatic carbocycles. The molecule has 1 aliphatic heterocycles. The first-order valence-electron chi connectivity index (χ1n) is 3.73. The number of carbonyl (C=O) groups excluding carboxylic acids is 1. The molecule has 0 bridgehead atoms. The predicted octanol–water partition coefficient (Wildman–Crippen LogP) is -0.414. The van der Waals surface area contributed by atoms with Crippen molar-refractivity contribution in [3.05, 3.63) is 17.5 Å². The van der Waals surface area contributed by atoms with Gasteiger partial charge < -0.3 is 16.0 Å². The van der Waals surface area contributed by atoms with Crippen molar-refractivity contribution >= 4 is 11.6 Å². The summed E-state index contributed by atoms with van der Waals surface area (Å²) in [5.74, 6) is -0.401. The molecule has 0 atom stereocenters. The molecule has 1 aliphatic rings. The zero-order valence-corrected chi connectivity index (χ0v) is 6.48. The Hall–Kier alpha value is -1.49. The van der Waals surface area contributed by atoms with Crippen molar-refractivity contribution in [2.45, 2.75) is 6.54 Å². The van der Waals surface area contributed by atoms with Crippen LogP contribution in [0.25, 0.3) is 0 Å². The van der Waals surface area contributed by atoms with Gasteiger partial charge in [-0.05, 0) is 0 Å². The zero-order chi connectivity index (χ0) is 8.55. The minimum atomic E-state index is -0.401. The second-order valence-corrected chi connectivity index (χ2v) is 2.70. The van der Waals surface area contributed by atoms with Crippen LogP contribution in [-0.4, -0.2) is 17.6 Å². The minimum absolute atomic E-state index is 0.401. The van der Waals surface area contributed by atoms with E-state index in [-0.39, 0.29) is 0 Å². The van der Waals surface area contributed by atoms with E-state index in [0.717, 1.165) is 17.9 Å². The van der Waals surface area contributed by atoms with Crippen molar-refractivity contribution < 1.29 is 4.79 Å². The summed E-state index contributed by atoms with van der Waals surface area (Å²) in [7, 11) is 0. The number of nitrogens with one attached hydrogen (secondary N) is 3. The lowest BCUT2D eigenvalue weighted by Crippen LogP contribution is -2.28. The SMILES string of the molecule is NC(=O)c1c[nH]c2c1NCNC2. The molecule has 0 saturated heterocycles. The fourth-order valence-corrected chi connectivity index (χ4v) is 1.34. The van der Waals surface area contributed by atoms with Gasteiger partial charge in [0.1, 0.15) is 0 Å². The highest BCUT2D eigenvalue weighted by Crippen LogP contribution is 2.21. The van der Waals surface area contributed by atoms with Crippen LogP contribution in [0.1, 0.15) is 16.1 Å². The maximum atomic E-state index is 10.9. The summed E-state index contributed by atoms with van der Waals surface area (Å²) in [6, 6.07) is 0. The number of primary amides is 1. The number of H-pyrrole nitrogens is 1. The third-order valence-electron chi connectivity index (χ3n) is 1.92. The third-order valence-corrected chi connectivity index (χ3v) is 1.92. The van der Waals surface area contributed by atoms with Gasteiger partial charge in [0.05, 0.1) is 23.6 Å². The average molecular weight is 166 g/mol. The van der Waals surface area contributed by atoms with E-state index in [1.165, 1.54) is 0 Å². The number of amides is 1. The van der Waals surface area contributed by atoms with E-state index in [2.05, 4.69) is 15.6 Å². The quantitative estimate of drug-likeness (QED) is 0.457. The molecule has 5 nitrogen and oxygen atoms in total. The normalized spacial score (nSPS) is 15.0. The monoisotopic (exact) mass is 166 g/mol. The number of fused-ring (bicyclic) bond motifs is 1. The molecule has 5 heteroatoms. The number of hydrogen-bond donors (Lipinski definition) is 4. The summed E-state index contributed by atoms with van der Waals surface area (Å²) in [6.07, 6.45) is 1.63. The highest BCUT2D eigenvalue weighted by Gasteiger charge is 2.16. The molecule has 0 fully saturated rings. The molecule has 1 aromatic heterocycles. The molecule has 2 rings (SSSR count).